The second kappa shape index (κ2) is 3.97. The summed E-state index contributed by atoms with van der Waals surface area (Å²) in [5.74, 6) is 1.01. The maximum absolute atomic E-state index is 12.3. The first-order valence-corrected chi connectivity index (χ1v) is 7.55. The highest BCUT2D eigenvalue weighted by atomic mass is 16.2. The van der Waals surface area contributed by atoms with Crippen molar-refractivity contribution in [2.24, 2.45) is 22.1 Å². The molecule has 0 aromatic rings. The Bertz CT molecular complexity index is 433. The van der Waals surface area contributed by atoms with Crippen LogP contribution in [0.3, 0.4) is 0 Å². The van der Waals surface area contributed by atoms with Gasteiger partial charge in [0.1, 0.15) is 11.4 Å². The Morgan fingerprint density at radius 2 is 1.95 bits per heavy atom. The Morgan fingerprint density at radius 1 is 1.26 bits per heavy atom. The summed E-state index contributed by atoms with van der Waals surface area (Å²) in [7, 11) is 0. The number of nitrogens with two attached hydrogens (primary N) is 1. The lowest BCUT2D eigenvalue weighted by Crippen LogP contribution is -2.63. The third-order valence-electron chi connectivity index (χ3n) is 5.13. The largest absolute Gasteiger partial charge is 0.385 e. The molecule has 19 heavy (non-hydrogen) atoms. The van der Waals surface area contributed by atoms with Gasteiger partial charge in [0.2, 0.25) is 0 Å². The number of nitrogens with zero attached hydrogens (tertiary/aromatic N) is 2. The average Bonchev–Trinajstić information content (AvgIpc) is 3.09. The summed E-state index contributed by atoms with van der Waals surface area (Å²) in [4.78, 5) is 18.5. The topological polar surface area (TPSA) is 58.7 Å². The average molecular weight is 263 g/mol. The van der Waals surface area contributed by atoms with Crippen molar-refractivity contribution in [2.45, 2.75) is 70.9 Å². The van der Waals surface area contributed by atoms with E-state index in [2.05, 4.69) is 30.7 Å². The SMILES string of the molecule is CC(C)(C)C1CCCCC12C(N)=NC(=O)N2C1CC1. The van der Waals surface area contributed by atoms with Gasteiger partial charge in [0.25, 0.3) is 0 Å². The van der Waals surface area contributed by atoms with Crippen molar-refractivity contribution in [1.29, 1.82) is 0 Å². The van der Waals surface area contributed by atoms with Crippen LogP contribution in [0.4, 0.5) is 4.79 Å². The molecule has 0 bridgehead atoms. The molecule has 4 heteroatoms. The van der Waals surface area contributed by atoms with Crippen LogP contribution in [0, 0.1) is 11.3 Å². The molecule has 2 atom stereocenters. The van der Waals surface area contributed by atoms with Gasteiger partial charge in [-0.1, -0.05) is 33.6 Å². The number of amides is 2. The minimum Gasteiger partial charge on any atom is -0.385 e. The second-order valence-electron chi connectivity index (χ2n) is 7.47. The number of aliphatic imine (C=N–C) groups is 1. The quantitative estimate of drug-likeness (QED) is 0.790. The molecule has 1 spiro atoms. The third kappa shape index (κ3) is 1.79. The summed E-state index contributed by atoms with van der Waals surface area (Å²) in [6, 6.07) is 0.302. The van der Waals surface area contributed by atoms with Gasteiger partial charge in [-0.25, -0.2) is 4.79 Å². The lowest BCUT2D eigenvalue weighted by Gasteiger charge is -2.52. The number of carbonyl (C=O) groups excluding carboxylic acids is 1. The number of hydrogen-bond acceptors (Lipinski definition) is 2. The van der Waals surface area contributed by atoms with Crippen LogP contribution in [0.15, 0.2) is 4.99 Å². The van der Waals surface area contributed by atoms with Gasteiger partial charge in [0.05, 0.1) is 0 Å². The van der Waals surface area contributed by atoms with Gasteiger partial charge in [-0.15, -0.1) is 0 Å². The summed E-state index contributed by atoms with van der Waals surface area (Å²) >= 11 is 0. The summed E-state index contributed by atoms with van der Waals surface area (Å²) in [5.41, 5.74) is 6.13. The Balaban J connectivity index is 2.06. The first-order chi connectivity index (χ1) is 8.87. The van der Waals surface area contributed by atoms with E-state index < -0.39 is 0 Å². The second-order valence-corrected chi connectivity index (χ2v) is 7.47. The van der Waals surface area contributed by atoms with E-state index in [0.29, 0.717) is 17.8 Å². The van der Waals surface area contributed by atoms with Crippen LogP contribution < -0.4 is 5.73 Å². The van der Waals surface area contributed by atoms with Crippen molar-refractivity contribution >= 4 is 11.9 Å². The van der Waals surface area contributed by atoms with E-state index in [1.54, 1.807) is 0 Å². The van der Waals surface area contributed by atoms with Gasteiger partial charge in [-0.3, -0.25) is 0 Å². The van der Waals surface area contributed by atoms with Gasteiger partial charge in [0.15, 0.2) is 0 Å². The molecule has 1 aliphatic heterocycles. The minimum absolute atomic E-state index is 0.0869. The maximum Gasteiger partial charge on any atom is 0.346 e. The molecule has 2 aliphatic carbocycles. The monoisotopic (exact) mass is 263 g/mol. The van der Waals surface area contributed by atoms with Crippen LogP contribution in [0.1, 0.15) is 59.3 Å². The number of rotatable bonds is 1. The van der Waals surface area contributed by atoms with E-state index in [0.717, 1.165) is 32.1 Å². The lowest BCUT2D eigenvalue weighted by atomic mass is 9.61. The molecule has 3 rings (SSSR count). The number of amidine groups is 1. The predicted molar refractivity (Wildman–Crippen MR) is 76.0 cm³/mol. The van der Waals surface area contributed by atoms with Crippen LogP contribution in [0.25, 0.3) is 0 Å². The molecule has 2 N–H and O–H groups in total. The van der Waals surface area contributed by atoms with Crippen LogP contribution in [-0.2, 0) is 0 Å². The fraction of sp³-hybridized carbons (Fsp3) is 0.867. The molecular weight excluding hydrogens is 238 g/mol. The zero-order valence-electron chi connectivity index (χ0n) is 12.3. The van der Waals surface area contributed by atoms with E-state index >= 15 is 0 Å². The molecule has 4 nitrogen and oxygen atoms in total. The molecular formula is C15H25N3O. The zero-order valence-corrected chi connectivity index (χ0v) is 12.3. The first kappa shape index (κ1) is 12.9. The molecule has 106 valence electrons. The highest BCUT2D eigenvalue weighted by Gasteiger charge is 2.60. The Morgan fingerprint density at radius 3 is 2.53 bits per heavy atom. The van der Waals surface area contributed by atoms with Gasteiger partial charge in [-0.05, 0) is 37.0 Å². The lowest BCUT2D eigenvalue weighted by molar-refractivity contribution is 0.0277. The van der Waals surface area contributed by atoms with E-state index in [4.69, 9.17) is 5.73 Å². The number of carbonyl (C=O) groups is 1. The molecule has 0 aromatic heterocycles. The molecule has 2 unspecified atom stereocenters. The standard InChI is InChI=1S/C15H25N3O/c1-14(2,3)11-6-4-5-9-15(11)12(16)17-13(19)18(15)10-7-8-10/h10-11H,4-9H2,1-3H3,(H2,16,17,19). The Labute approximate surface area is 115 Å². The van der Waals surface area contributed by atoms with E-state index in [1.807, 2.05) is 0 Å². The highest BCUT2D eigenvalue weighted by molar-refractivity contribution is 6.06. The Hall–Kier alpha value is -1.06. The summed E-state index contributed by atoms with van der Waals surface area (Å²) < 4.78 is 0. The number of hydrogen-bond donors (Lipinski definition) is 1. The first-order valence-electron chi connectivity index (χ1n) is 7.55. The summed E-state index contributed by atoms with van der Waals surface area (Å²) in [6.45, 7) is 6.81. The molecule has 0 radical (unpaired) electrons. The van der Waals surface area contributed by atoms with Crippen LogP contribution in [0.5, 0.6) is 0 Å². The predicted octanol–water partition coefficient (Wildman–Crippen LogP) is 2.92. The van der Waals surface area contributed by atoms with Gasteiger partial charge < -0.3 is 10.6 Å². The van der Waals surface area contributed by atoms with Crippen molar-refractivity contribution < 1.29 is 4.79 Å². The smallest absolute Gasteiger partial charge is 0.346 e. The molecule has 1 heterocycles. The summed E-state index contributed by atoms with van der Waals surface area (Å²) in [6.07, 6.45) is 6.77. The van der Waals surface area contributed by atoms with E-state index in [-0.39, 0.29) is 17.0 Å². The minimum atomic E-state index is -0.283. The normalized spacial score (nSPS) is 35.9. The summed E-state index contributed by atoms with van der Waals surface area (Å²) in [5, 5.41) is 0. The molecule has 2 fully saturated rings. The van der Waals surface area contributed by atoms with Gasteiger partial charge in [0, 0.05) is 6.04 Å². The van der Waals surface area contributed by atoms with Crippen molar-refractivity contribution in [3.63, 3.8) is 0 Å². The zero-order chi connectivity index (χ0) is 13.8. The Kier molecular flexibility index (Phi) is 2.70. The number of urea groups is 1. The third-order valence-corrected chi connectivity index (χ3v) is 5.13. The fourth-order valence-electron chi connectivity index (χ4n) is 4.26. The van der Waals surface area contributed by atoms with Crippen molar-refractivity contribution in [3.8, 4) is 0 Å². The van der Waals surface area contributed by atoms with Crippen LogP contribution >= 0.6 is 0 Å². The fourth-order valence-corrected chi connectivity index (χ4v) is 4.26. The van der Waals surface area contributed by atoms with Gasteiger partial charge in [-0.2, -0.15) is 4.99 Å². The van der Waals surface area contributed by atoms with E-state index in [1.165, 1.54) is 6.42 Å². The molecule has 3 aliphatic rings. The van der Waals surface area contributed by atoms with Gasteiger partial charge >= 0.3 is 6.03 Å². The van der Waals surface area contributed by atoms with Crippen LogP contribution in [-0.4, -0.2) is 28.3 Å². The molecule has 2 saturated carbocycles. The van der Waals surface area contributed by atoms with Crippen molar-refractivity contribution in [1.82, 2.24) is 4.90 Å². The van der Waals surface area contributed by atoms with E-state index in [9.17, 15) is 4.79 Å². The van der Waals surface area contributed by atoms with Crippen LogP contribution in [0.2, 0.25) is 0 Å². The van der Waals surface area contributed by atoms with Crippen molar-refractivity contribution in [3.05, 3.63) is 0 Å². The highest BCUT2D eigenvalue weighted by Crippen LogP contribution is 2.52. The molecule has 0 aromatic carbocycles. The maximum atomic E-state index is 12.3. The molecule has 0 saturated heterocycles. The molecule has 2 amide bonds. The van der Waals surface area contributed by atoms with Crippen molar-refractivity contribution in [2.75, 3.05) is 0 Å².